The van der Waals surface area contributed by atoms with Crippen LogP contribution in [0.25, 0.3) is 16.0 Å². The number of fused-ring (bicyclic) bond motifs is 1. The SMILES string of the molecule is C=CC(O)Nc1cc(Nc2nccc(-n3nc(N(C)C)c4cc(C)sc43)n2)c(OC)cc1N(C)CCN(C)C. The summed E-state index contributed by atoms with van der Waals surface area (Å²) < 4.78 is 7.59. The zero-order chi connectivity index (χ0) is 28.3. The van der Waals surface area contributed by atoms with Gasteiger partial charge in [-0.2, -0.15) is 4.98 Å². The van der Waals surface area contributed by atoms with Crippen LogP contribution in [0.1, 0.15) is 4.88 Å². The Balaban J connectivity index is 1.72. The summed E-state index contributed by atoms with van der Waals surface area (Å²) in [5.41, 5.74) is 2.23. The van der Waals surface area contributed by atoms with E-state index in [1.807, 2.05) is 63.0 Å². The van der Waals surface area contributed by atoms with Crippen LogP contribution in [0.5, 0.6) is 5.75 Å². The van der Waals surface area contributed by atoms with Crippen LogP contribution >= 0.6 is 11.3 Å². The van der Waals surface area contributed by atoms with E-state index < -0.39 is 6.23 Å². The van der Waals surface area contributed by atoms with Crippen LogP contribution in [-0.4, -0.2) is 91.4 Å². The molecule has 3 N–H and O–H groups in total. The molecule has 12 heteroatoms. The second-order valence-electron chi connectivity index (χ2n) is 9.69. The van der Waals surface area contributed by atoms with Crippen LogP contribution in [0.3, 0.4) is 0 Å². The van der Waals surface area contributed by atoms with Crippen molar-refractivity contribution in [2.45, 2.75) is 13.2 Å². The Labute approximate surface area is 233 Å². The van der Waals surface area contributed by atoms with Crippen molar-refractivity contribution in [3.63, 3.8) is 0 Å². The van der Waals surface area contributed by atoms with E-state index in [4.69, 9.17) is 14.8 Å². The van der Waals surface area contributed by atoms with Gasteiger partial charge in [-0.05, 0) is 39.2 Å². The van der Waals surface area contributed by atoms with Crippen LogP contribution in [0.15, 0.2) is 43.1 Å². The van der Waals surface area contributed by atoms with Gasteiger partial charge in [0.1, 0.15) is 16.8 Å². The predicted octanol–water partition coefficient (Wildman–Crippen LogP) is 3.92. The van der Waals surface area contributed by atoms with Gasteiger partial charge in [0.05, 0.1) is 29.6 Å². The average molecular weight is 552 g/mol. The van der Waals surface area contributed by atoms with E-state index in [-0.39, 0.29) is 0 Å². The van der Waals surface area contributed by atoms with E-state index in [0.717, 1.165) is 34.8 Å². The number of nitrogens with zero attached hydrogens (tertiary/aromatic N) is 7. The number of aromatic nitrogens is 4. The highest BCUT2D eigenvalue weighted by atomic mass is 32.1. The van der Waals surface area contributed by atoms with Crippen molar-refractivity contribution >= 4 is 50.4 Å². The standard InChI is InChI=1S/C27H37N9O2S/c1-9-24(37)29-19-15-20(22(38-8)16-21(19)35(7)13-12-33(3)4)30-27-28-11-10-23(31-27)36-26-18(14-17(2)39-26)25(32-36)34(5)6/h9-11,14-16,24,29,37H,1,12-13H2,2-8H3,(H,28,30,31). The lowest BCUT2D eigenvalue weighted by Gasteiger charge is -2.27. The first-order valence-electron chi connectivity index (χ1n) is 12.5. The number of likely N-dealkylation sites (N-methyl/N-ethyl adjacent to an activating group) is 2. The summed E-state index contributed by atoms with van der Waals surface area (Å²) >= 11 is 1.67. The van der Waals surface area contributed by atoms with Crippen molar-refractivity contribution in [3.05, 3.63) is 48.0 Å². The molecule has 1 unspecified atom stereocenters. The Kier molecular flexibility index (Phi) is 8.58. The Morgan fingerprint density at radius 3 is 2.59 bits per heavy atom. The average Bonchev–Trinajstić information content (AvgIpc) is 3.44. The minimum absolute atomic E-state index is 0.387. The molecule has 0 spiro atoms. The van der Waals surface area contributed by atoms with E-state index >= 15 is 0 Å². The molecule has 39 heavy (non-hydrogen) atoms. The summed E-state index contributed by atoms with van der Waals surface area (Å²) in [4.78, 5) is 17.7. The third kappa shape index (κ3) is 6.24. The van der Waals surface area contributed by atoms with Gasteiger partial charge in [0, 0.05) is 57.4 Å². The molecule has 0 bridgehead atoms. The molecule has 0 fully saturated rings. The fraction of sp³-hybridized carbons (Fsp3) is 0.370. The molecule has 3 aromatic heterocycles. The van der Waals surface area contributed by atoms with Crippen LogP contribution in [0.4, 0.5) is 28.8 Å². The fourth-order valence-corrected chi connectivity index (χ4v) is 5.07. The third-order valence-corrected chi connectivity index (χ3v) is 7.16. The number of aliphatic hydroxyl groups is 1. The number of methoxy groups -OCH3 is 1. The maximum absolute atomic E-state index is 10.3. The molecular formula is C27H37N9O2S. The molecule has 0 aliphatic carbocycles. The minimum Gasteiger partial charge on any atom is -0.494 e. The number of benzene rings is 1. The molecule has 1 atom stereocenters. The van der Waals surface area contributed by atoms with Gasteiger partial charge >= 0.3 is 0 Å². The number of hydrogen-bond acceptors (Lipinski definition) is 11. The van der Waals surface area contributed by atoms with Gasteiger partial charge in [-0.1, -0.05) is 6.58 Å². The van der Waals surface area contributed by atoms with E-state index in [1.54, 1.807) is 24.6 Å². The van der Waals surface area contributed by atoms with E-state index in [0.29, 0.717) is 28.9 Å². The van der Waals surface area contributed by atoms with Crippen LogP contribution in [0.2, 0.25) is 0 Å². The predicted molar refractivity (Wildman–Crippen MR) is 162 cm³/mol. The highest BCUT2D eigenvalue weighted by Crippen LogP contribution is 2.38. The molecule has 4 rings (SSSR count). The second kappa shape index (κ2) is 11.9. The highest BCUT2D eigenvalue weighted by molar-refractivity contribution is 7.18. The second-order valence-corrected chi connectivity index (χ2v) is 10.9. The Morgan fingerprint density at radius 2 is 1.92 bits per heavy atom. The third-order valence-electron chi connectivity index (χ3n) is 6.13. The first-order chi connectivity index (χ1) is 18.6. The zero-order valence-electron chi connectivity index (χ0n) is 23.6. The molecule has 0 amide bonds. The maximum Gasteiger partial charge on any atom is 0.229 e. The number of hydrogen-bond donors (Lipinski definition) is 3. The maximum atomic E-state index is 10.3. The summed E-state index contributed by atoms with van der Waals surface area (Å²) in [5, 5.41) is 22.6. The van der Waals surface area contributed by atoms with Crippen molar-refractivity contribution < 1.29 is 9.84 Å². The lowest BCUT2D eigenvalue weighted by Crippen LogP contribution is -2.29. The lowest BCUT2D eigenvalue weighted by molar-refractivity contribution is 0.253. The zero-order valence-corrected chi connectivity index (χ0v) is 24.4. The molecule has 3 heterocycles. The van der Waals surface area contributed by atoms with Gasteiger partial charge in [-0.3, -0.25) is 0 Å². The van der Waals surface area contributed by atoms with Gasteiger partial charge in [0.25, 0.3) is 0 Å². The highest BCUT2D eigenvalue weighted by Gasteiger charge is 2.19. The van der Waals surface area contributed by atoms with Gasteiger partial charge in [-0.25, -0.2) is 9.67 Å². The largest absolute Gasteiger partial charge is 0.494 e. The summed E-state index contributed by atoms with van der Waals surface area (Å²) in [6, 6.07) is 7.78. The van der Waals surface area contributed by atoms with Gasteiger partial charge < -0.3 is 35.2 Å². The number of thiophene rings is 1. The van der Waals surface area contributed by atoms with Crippen molar-refractivity contribution in [3.8, 4) is 11.6 Å². The summed E-state index contributed by atoms with van der Waals surface area (Å²) in [5.74, 6) is 2.53. The van der Waals surface area contributed by atoms with E-state index in [2.05, 4.69) is 45.0 Å². The normalized spacial score (nSPS) is 12.0. The molecule has 0 saturated heterocycles. The summed E-state index contributed by atoms with van der Waals surface area (Å²) in [6.45, 7) is 7.42. The number of aliphatic hydroxyl groups excluding tert-OH is 1. The quantitative estimate of drug-likeness (QED) is 0.177. The Bertz CT molecular complexity index is 1450. The number of ether oxygens (including phenoxy) is 1. The van der Waals surface area contributed by atoms with Crippen LogP contribution in [-0.2, 0) is 0 Å². The lowest BCUT2D eigenvalue weighted by atomic mass is 10.2. The van der Waals surface area contributed by atoms with E-state index in [9.17, 15) is 5.11 Å². The van der Waals surface area contributed by atoms with Crippen LogP contribution in [0, 0.1) is 6.92 Å². The van der Waals surface area contributed by atoms with Crippen molar-refractivity contribution in [1.82, 2.24) is 24.6 Å². The molecule has 0 radical (unpaired) electrons. The molecule has 0 saturated carbocycles. The first kappa shape index (κ1) is 28.1. The Morgan fingerprint density at radius 1 is 1.15 bits per heavy atom. The monoisotopic (exact) mass is 551 g/mol. The molecule has 1 aromatic carbocycles. The summed E-state index contributed by atoms with van der Waals surface area (Å²) in [6.07, 6.45) is 2.21. The summed E-state index contributed by atoms with van der Waals surface area (Å²) in [7, 11) is 11.7. The molecule has 11 nitrogen and oxygen atoms in total. The smallest absolute Gasteiger partial charge is 0.229 e. The van der Waals surface area contributed by atoms with Crippen LogP contribution < -0.4 is 25.2 Å². The molecule has 0 aliphatic heterocycles. The fourth-order valence-electron chi connectivity index (χ4n) is 4.10. The number of rotatable bonds is 12. The van der Waals surface area contributed by atoms with Gasteiger partial charge in [0.15, 0.2) is 11.6 Å². The first-order valence-corrected chi connectivity index (χ1v) is 13.3. The van der Waals surface area contributed by atoms with Crippen molar-refractivity contribution in [2.75, 3.05) is 75.9 Å². The number of aryl methyl sites for hydroxylation is 1. The number of anilines is 5. The topological polar surface area (TPSA) is 107 Å². The number of nitrogens with one attached hydrogen (secondary N) is 2. The molecule has 4 aromatic rings. The minimum atomic E-state index is -0.922. The van der Waals surface area contributed by atoms with Gasteiger partial charge in [-0.15, -0.1) is 16.4 Å². The van der Waals surface area contributed by atoms with Crippen molar-refractivity contribution in [1.29, 1.82) is 0 Å². The molecular weight excluding hydrogens is 514 g/mol. The Hall–Kier alpha value is -3.87. The molecule has 0 aliphatic rings. The van der Waals surface area contributed by atoms with Gasteiger partial charge in [0.2, 0.25) is 5.95 Å². The van der Waals surface area contributed by atoms with Crippen molar-refractivity contribution in [2.24, 2.45) is 0 Å². The molecule has 208 valence electrons. The van der Waals surface area contributed by atoms with E-state index in [1.165, 1.54) is 11.0 Å².